The summed E-state index contributed by atoms with van der Waals surface area (Å²) in [5, 5.41) is 2.73. The Kier molecular flexibility index (Phi) is 7.95. The highest BCUT2D eigenvalue weighted by Crippen LogP contribution is 2.35. The molecule has 0 saturated carbocycles. The minimum absolute atomic E-state index is 0.182. The number of amides is 3. The summed E-state index contributed by atoms with van der Waals surface area (Å²) < 4.78 is 6.39. The van der Waals surface area contributed by atoms with Crippen LogP contribution in [0.3, 0.4) is 0 Å². The van der Waals surface area contributed by atoms with Gasteiger partial charge >= 0.3 is 0 Å². The van der Waals surface area contributed by atoms with E-state index in [9.17, 15) is 14.4 Å². The van der Waals surface area contributed by atoms with Gasteiger partial charge in [-0.15, -0.1) is 0 Å². The van der Waals surface area contributed by atoms with Crippen molar-refractivity contribution in [2.75, 3.05) is 11.9 Å². The Morgan fingerprint density at radius 2 is 1.91 bits per heavy atom. The summed E-state index contributed by atoms with van der Waals surface area (Å²) >= 11 is 10.7. The van der Waals surface area contributed by atoms with Gasteiger partial charge in [-0.2, -0.15) is 0 Å². The van der Waals surface area contributed by atoms with E-state index in [1.165, 1.54) is 4.90 Å². The van der Waals surface area contributed by atoms with Crippen LogP contribution in [0.1, 0.15) is 16.7 Å². The van der Waals surface area contributed by atoms with E-state index in [0.29, 0.717) is 21.9 Å². The lowest BCUT2D eigenvalue weighted by atomic mass is 10.2. The first kappa shape index (κ1) is 25.0. The lowest BCUT2D eigenvalue weighted by molar-refractivity contribution is -0.123. The Morgan fingerprint density at radius 3 is 2.66 bits per heavy atom. The van der Waals surface area contributed by atoms with Crippen LogP contribution in [0.4, 0.5) is 10.5 Å². The molecule has 0 aromatic heterocycles. The molecule has 3 aromatic carbocycles. The molecule has 1 aliphatic heterocycles. The number of thioether (sulfide) groups is 1. The Balaban J connectivity index is 1.39. The number of nitrogens with one attached hydrogen (secondary N) is 1. The second kappa shape index (κ2) is 11.1. The fourth-order valence-electron chi connectivity index (χ4n) is 3.37. The summed E-state index contributed by atoms with van der Waals surface area (Å²) in [4.78, 5) is 39.0. The topological polar surface area (TPSA) is 75.7 Å². The zero-order valence-corrected chi connectivity index (χ0v) is 21.7. The summed E-state index contributed by atoms with van der Waals surface area (Å²) in [6, 6.07) is 19.9. The van der Waals surface area contributed by atoms with Crippen LogP contribution in [0.15, 0.2) is 76.1 Å². The molecule has 1 fully saturated rings. The number of aryl methyl sites for hydroxylation is 1. The maximum Gasteiger partial charge on any atom is 0.293 e. The predicted molar refractivity (Wildman–Crippen MR) is 142 cm³/mol. The second-order valence-electron chi connectivity index (χ2n) is 7.76. The maximum atomic E-state index is 12.8. The first-order valence-electron chi connectivity index (χ1n) is 10.6. The lowest BCUT2D eigenvalue weighted by Crippen LogP contribution is -2.27. The van der Waals surface area contributed by atoms with Gasteiger partial charge in [0, 0.05) is 10.2 Å². The molecule has 178 valence electrons. The third kappa shape index (κ3) is 6.33. The molecule has 6 nitrogen and oxygen atoms in total. The van der Waals surface area contributed by atoms with E-state index in [-0.39, 0.29) is 35.2 Å². The molecule has 3 aromatic rings. The molecule has 3 amide bonds. The van der Waals surface area contributed by atoms with Crippen molar-refractivity contribution in [2.24, 2.45) is 0 Å². The molecule has 1 saturated heterocycles. The van der Waals surface area contributed by atoms with Gasteiger partial charge in [0.15, 0.2) is 6.61 Å². The zero-order valence-electron chi connectivity index (χ0n) is 18.6. The van der Waals surface area contributed by atoms with E-state index < -0.39 is 0 Å². The summed E-state index contributed by atoms with van der Waals surface area (Å²) in [5.41, 5.74) is 3.20. The number of benzene rings is 3. The normalized spacial score (nSPS) is 14.5. The van der Waals surface area contributed by atoms with E-state index in [4.69, 9.17) is 16.3 Å². The number of halogens is 2. The van der Waals surface area contributed by atoms with Crippen molar-refractivity contribution in [3.8, 4) is 5.75 Å². The number of anilines is 1. The van der Waals surface area contributed by atoms with Gasteiger partial charge in [0.2, 0.25) is 0 Å². The predicted octanol–water partition coefficient (Wildman–Crippen LogP) is 6.66. The molecule has 0 bridgehead atoms. The Hall–Kier alpha value is -3.07. The average molecular weight is 572 g/mol. The zero-order chi connectivity index (χ0) is 24.9. The van der Waals surface area contributed by atoms with Crippen molar-refractivity contribution >= 4 is 68.1 Å². The number of rotatable bonds is 7. The fourth-order valence-corrected chi connectivity index (χ4v) is 4.86. The van der Waals surface area contributed by atoms with Crippen molar-refractivity contribution in [1.82, 2.24) is 4.90 Å². The highest BCUT2D eigenvalue weighted by atomic mass is 79.9. The SMILES string of the molecule is Cc1cccc(NC(=O)COc2ccc(/C=C3\SC(=O)N(Cc4ccccc4Br)C3=O)cc2Cl)c1. The van der Waals surface area contributed by atoms with Crippen molar-refractivity contribution < 1.29 is 19.1 Å². The quantitative estimate of drug-likeness (QED) is 0.321. The smallest absolute Gasteiger partial charge is 0.293 e. The van der Waals surface area contributed by atoms with Crippen LogP contribution in [0.5, 0.6) is 5.75 Å². The molecule has 0 atom stereocenters. The van der Waals surface area contributed by atoms with Crippen molar-refractivity contribution in [1.29, 1.82) is 0 Å². The minimum Gasteiger partial charge on any atom is -0.482 e. The molecule has 0 unspecified atom stereocenters. The lowest BCUT2D eigenvalue weighted by Gasteiger charge is -2.13. The summed E-state index contributed by atoms with van der Waals surface area (Å²) in [7, 11) is 0. The fraction of sp³-hybridized carbons (Fsp3) is 0.115. The van der Waals surface area contributed by atoms with Crippen LogP contribution >= 0.6 is 39.3 Å². The molecule has 0 aliphatic carbocycles. The molecule has 1 N–H and O–H groups in total. The summed E-state index contributed by atoms with van der Waals surface area (Å²) in [5.74, 6) is -0.334. The number of imide groups is 1. The summed E-state index contributed by atoms with van der Waals surface area (Å²) in [6.45, 7) is 1.92. The van der Waals surface area contributed by atoms with E-state index in [1.807, 2.05) is 49.4 Å². The van der Waals surface area contributed by atoms with Gasteiger partial charge in [-0.25, -0.2) is 0 Å². The third-order valence-electron chi connectivity index (χ3n) is 5.07. The Bertz CT molecular complexity index is 1340. The first-order chi connectivity index (χ1) is 16.8. The molecular formula is C26H20BrClN2O4S. The second-order valence-corrected chi connectivity index (χ2v) is 10.0. The van der Waals surface area contributed by atoms with Crippen molar-refractivity contribution in [2.45, 2.75) is 13.5 Å². The molecule has 0 radical (unpaired) electrons. The van der Waals surface area contributed by atoms with Gasteiger partial charge in [0.05, 0.1) is 16.5 Å². The van der Waals surface area contributed by atoms with E-state index in [0.717, 1.165) is 27.4 Å². The van der Waals surface area contributed by atoms with E-state index >= 15 is 0 Å². The highest BCUT2D eigenvalue weighted by Gasteiger charge is 2.35. The van der Waals surface area contributed by atoms with Gasteiger partial charge < -0.3 is 10.1 Å². The third-order valence-corrected chi connectivity index (χ3v) is 7.05. The molecule has 9 heteroatoms. The van der Waals surface area contributed by atoms with Crippen LogP contribution < -0.4 is 10.1 Å². The van der Waals surface area contributed by atoms with Crippen molar-refractivity contribution in [3.63, 3.8) is 0 Å². The van der Waals surface area contributed by atoms with Crippen molar-refractivity contribution in [3.05, 3.63) is 97.8 Å². The highest BCUT2D eigenvalue weighted by molar-refractivity contribution is 9.10. The Labute approximate surface area is 220 Å². The number of hydrogen-bond acceptors (Lipinski definition) is 5. The number of carbonyl (C=O) groups is 3. The monoisotopic (exact) mass is 570 g/mol. The Morgan fingerprint density at radius 1 is 1.11 bits per heavy atom. The number of nitrogens with zero attached hydrogens (tertiary/aromatic N) is 1. The molecule has 0 spiro atoms. The molecule has 35 heavy (non-hydrogen) atoms. The first-order valence-corrected chi connectivity index (χ1v) is 12.6. The van der Waals surface area contributed by atoms with Crippen LogP contribution in [0.25, 0.3) is 6.08 Å². The standard InChI is InChI=1S/C26H20BrClN2O4S/c1-16-5-4-7-19(11-16)29-24(31)15-34-22-10-9-17(12-21(22)28)13-23-25(32)30(26(33)35-23)14-18-6-2-3-8-20(18)27/h2-13H,14-15H2,1H3,(H,29,31)/b23-13-. The van der Waals surface area contributed by atoms with Gasteiger partial charge in [-0.3, -0.25) is 19.3 Å². The average Bonchev–Trinajstić information content (AvgIpc) is 3.07. The van der Waals surface area contributed by atoms with Gasteiger partial charge in [-0.1, -0.05) is 63.9 Å². The summed E-state index contributed by atoms with van der Waals surface area (Å²) in [6.07, 6.45) is 1.62. The van der Waals surface area contributed by atoms with Crippen LogP contribution in [-0.4, -0.2) is 28.6 Å². The molecule has 1 aliphatic rings. The van der Waals surface area contributed by atoms with E-state index in [1.54, 1.807) is 30.3 Å². The van der Waals surface area contributed by atoms with Gasteiger partial charge in [-0.05, 0) is 71.8 Å². The van der Waals surface area contributed by atoms with Crippen LogP contribution in [-0.2, 0) is 16.1 Å². The number of ether oxygens (including phenoxy) is 1. The number of hydrogen-bond donors (Lipinski definition) is 1. The molecule has 4 rings (SSSR count). The minimum atomic E-state index is -0.361. The van der Waals surface area contributed by atoms with Gasteiger partial charge in [0.1, 0.15) is 5.75 Å². The van der Waals surface area contributed by atoms with Crippen LogP contribution in [0.2, 0.25) is 5.02 Å². The molecular weight excluding hydrogens is 552 g/mol. The largest absolute Gasteiger partial charge is 0.482 e. The number of carbonyl (C=O) groups excluding carboxylic acids is 3. The van der Waals surface area contributed by atoms with E-state index in [2.05, 4.69) is 21.2 Å². The van der Waals surface area contributed by atoms with Gasteiger partial charge in [0.25, 0.3) is 17.1 Å². The van der Waals surface area contributed by atoms with Crippen LogP contribution in [0, 0.1) is 6.92 Å². The molecule has 1 heterocycles. The maximum absolute atomic E-state index is 12.8.